The third-order valence-electron chi connectivity index (χ3n) is 10.9. The van der Waals surface area contributed by atoms with E-state index in [-0.39, 0.29) is 0 Å². The highest BCUT2D eigenvalue weighted by atomic mass is 31.2. The van der Waals surface area contributed by atoms with Crippen molar-refractivity contribution < 1.29 is 0 Å². The first-order chi connectivity index (χ1) is 22.2. The summed E-state index contributed by atoms with van der Waals surface area (Å²) in [4.78, 5) is 0. The van der Waals surface area contributed by atoms with E-state index >= 15 is 0 Å². The first kappa shape index (κ1) is 45.4. The maximum Gasteiger partial charge on any atom is 0.0594 e. The fraction of sp³-hybridized carbons (Fsp3) is 1.00. The van der Waals surface area contributed by atoms with E-state index in [0.717, 1.165) is 0 Å². The minimum Gasteiger partial charge on any atom is -0.0654 e. The van der Waals surface area contributed by atoms with Gasteiger partial charge in [-0.3, -0.25) is 0 Å². The maximum absolute atomic E-state index is 2.39. The largest absolute Gasteiger partial charge is 0.0654 e. The summed E-state index contributed by atoms with van der Waals surface area (Å²) >= 11 is 0. The molecular weight excluding hydrogens is 559 g/mol. The van der Waals surface area contributed by atoms with Crippen LogP contribution in [0.5, 0.6) is 0 Å². The Balaban J connectivity index is 4.33. The van der Waals surface area contributed by atoms with Crippen molar-refractivity contribution in [3.05, 3.63) is 0 Å². The maximum atomic E-state index is 2.39. The van der Waals surface area contributed by atoms with Crippen LogP contribution >= 0.6 is 7.26 Å². The van der Waals surface area contributed by atoms with Crippen molar-refractivity contribution in [2.24, 2.45) is 0 Å². The zero-order valence-corrected chi connectivity index (χ0v) is 33.6. The fourth-order valence-electron chi connectivity index (χ4n) is 7.70. The predicted molar refractivity (Wildman–Crippen MR) is 215 cm³/mol. The number of unbranched alkanes of at least 4 members (excludes halogenated alkanes) is 32. The smallest absolute Gasteiger partial charge is 0.0594 e. The van der Waals surface area contributed by atoms with Gasteiger partial charge in [-0.15, -0.1) is 0 Å². The normalized spacial score (nSPS) is 12.0. The lowest BCUT2D eigenvalue weighted by molar-refractivity contribution is 0.537. The van der Waals surface area contributed by atoms with Crippen molar-refractivity contribution in [1.82, 2.24) is 0 Å². The van der Waals surface area contributed by atoms with Crippen LogP contribution in [0.4, 0.5) is 0 Å². The van der Waals surface area contributed by atoms with Gasteiger partial charge in [-0.2, -0.15) is 0 Å². The molecule has 45 heavy (non-hydrogen) atoms. The highest BCUT2D eigenvalue weighted by Gasteiger charge is 2.34. The standard InChI is InChI=1S/C44H92P/c1-5-9-13-17-19-21-23-25-27-29-31-33-35-39-43-45(41-37-15-11-7-3,42-38-16-12-8-4)44-40-36-34-32-30-28-26-24-22-20-18-14-10-6-2/h5-44H2,1-4H3/q+1. The Morgan fingerprint density at radius 1 is 0.178 bits per heavy atom. The Hall–Kier alpha value is 0.430. The van der Waals surface area contributed by atoms with Crippen molar-refractivity contribution in [3.63, 3.8) is 0 Å². The molecule has 0 atom stereocenters. The van der Waals surface area contributed by atoms with Crippen molar-refractivity contribution in [2.75, 3.05) is 24.6 Å². The molecule has 0 aliphatic rings. The summed E-state index contributed by atoms with van der Waals surface area (Å²) in [6.07, 6.45) is 60.1. The lowest BCUT2D eigenvalue weighted by Crippen LogP contribution is -2.13. The zero-order chi connectivity index (χ0) is 32.8. The molecular formula is C44H92P+. The third kappa shape index (κ3) is 34.1. The Bertz CT molecular complexity index is 467. The molecule has 0 saturated heterocycles. The first-order valence-corrected chi connectivity index (χ1v) is 24.6. The lowest BCUT2D eigenvalue weighted by atomic mass is 10.0. The van der Waals surface area contributed by atoms with E-state index in [9.17, 15) is 0 Å². The molecule has 0 unspecified atom stereocenters. The van der Waals surface area contributed by atoms with Gasteiger partial charge in [-0.25, -0.2) is 0 Å². The molecule has 0 amide bonds. The summed E-state index contributed by atoms with van der Waals surface area (Å²) in [5.74, 6) is 0. The van der Waals surface area contributed by atoms with Crippen LogP contribution in [0.15, 0.2) is 0 Å². The molecule has 0 fully saturated rings. The molecule has 0 saturated carbocycles. The van der Waals surface area contributed by atoms with E-state index < -0.39 is 7.26 Å². The van der Waals surface area contributed by atoms with E-state index in [0.29, 0.717) is 0 Å². The second-order valence-corrected chi connectivity index (χ2v) is 20.0. The van der Waals surface area contributed by atoms with Crippen LogP contribution in [0, 0.1) is 0 Å². The minimum atomic E-state index is -0.746. The Morgan fingerprint density at radius 3 is 0.489 bits per heavy atom. The van der Waals surface area contributed by atoms with E-state index in [1.54, 1.807) is 50.3 Å². The summed E-state index contributed by atoms with van der Waals surface area (Å²) in [6, 6.07) is 0. The fourth-order valence-corrected chi connectivity index (χ4v) is 12.6. The predicted octanol–water partition coefficient (Wildman–Crippen LogP) is 17.1. The van der Waals surface area contributed by atoms with E-state index in [1.165, 1.54) is 205 Å². The van der Waals surface area contributed by atoms with Gasteiger partial charge in [0.05, 0.1) is 24.6 Å². The average molecular weight is 652 g/mol. The quantitative estimate of drug-likeness (QED) is 0.0457. The number of hydrogen-bond donors (Lipinski definition) is 0. The Morgan fingerprint density at radius 2 is 0.311 bits per heavy atom. The van der Waals surface area contributed by atoms with Crippen molar-refractivity contribution in [2.45, 2.75) is 259 Å². The van der Waals surface area contributed by atoms with Crippen molar-refractivity contribution in [3.8, 4) is 0 Å². The number of hydrogen-bond acceptors (Lipinski definition) is 0. The van der Waals surface area contributed by atoms with Gasteiger partial charge in [0.25, 0.3) is 0 Å². The molecule has 0 N–H and O–H groups in total. The van der Waals surface area contributed by atoms with Crippen molar-refractivity contribution >= 4 is 7.26 Å². The molecule has 0 nitrogen and oxygen atoms in total. The van der Waals surface area contributed by atoms with Crippen LogP contribution in [0.1, 0.15) is 259 Å². The minimum absolute atomic E-state index is 0.746. The van der Waals surface area contributed by atoms with Crippen LogP contribution in [0.3, 0.4) is 0 Å². The van der Waals surface area contributed by atoms with Gasteiger partial charge in [-0.05, 0) is 51.4 Å². The number of rotatable bonds is 40. The monoisotopic (exact) mass is 652 g/mol. The highest BCUT2D eigenvalue weighted by Crippen LogP contribution is 2.61. The van der Waals surface area contributed by atoms with Crippen LogP contribution in [-0.4, -0.2) is 24.6 Å². The summed E-state index contributed by atoms with van der Waals surface area (Å²) in [5, 5.41) is 0. The van der Waals surface area contributed by atoms with Gasteiger partial charge < -0.3 is 0 Å². The first-order valence-electron chi connectivity index (χ1n) is 22.1. The van der Waals surface area contributed by atoms with Gasteiger partial charge in [-0.1, -0.05) is 207 Å². The van der Waals surface area contributed by atoms with E-state index in [4.69, 9.17) is 0 Å². The van der Waals surface area contributed by atoms with Crippen LogP contribution in [0.2, 0.25) is 0 Å². The molecule has 0 aromatic carbocycles. The summed E-state index contributed by atoms with van der Waals surface area (Å²) in [5.41, 5.74) is 0. The van der Waals surface area contributed by atoms with Gasteiger partial charge in [0.1, 0.15) is 0 Å². The van der Waals surface area contributed by atoms with Crippen molar-refractivity contribution in [1.29, 1.82) is 0 Å². The van der Waals surface area contributed by atoms with Gasteiger partial charge >= 0.3 is 0 Å². The molecule has 1 heteroatoms. The summed E-state index contributed by atoms with van der Waals surface area (Å²) in [6.45, 7) is 9.42. The second-order valence-electron chi connectivity index (χ2n) is 15.5. The van der Waals surface area contributed by atoms with Crippen LogP contribution in [0.25, 0.3) is 0 Å². The van der Waals surface area contributed by atoms with Crippen LogP contribution in [-0.2, 0) is 0 Å². The summed E-state index contributed by atoms with van der Waals surface area (Å²) < 4.78 is 0. The van der Waals surface area contributed by atoms with Gasteiger partial charge in [0.2, 0.25) is 0 Å². The molecule has 0 bridgehead atoms. The Labute approximate surface area is 290 Å². The molecule has 0 spiro atoms. The van der Waals surface area contributed by atoms with Gasteiger partial charge in [0, 0.05) is 7.26 Å². The molecule has 272 valence electrons. The zero-order valence-electron chi connectivity index (χ0n) is 32.7. The van der Waals surface area contributed by atoms with Crippen LogP contribution < -0.4 is 0 Å². The third-order valence-corrected chi connectivity index (χ3v) is 16.0. The van der Waals surface area contributed by atoms with E-state index in [1.807, 2.05) is 0 Å². The topological polar surface area (TPSA) is 0 Å². The molecule has 0 heterocycles. The second kappa shape index (κ2) is 38.9. The SMILES string of the molecule is CCCCCCCCCCCCCCCC[P+](CCCCCC)(CCCCCC)CCCCCCCCCCCCCCCC. The molecule has 0 aromatic heterocycles. The van der Waals surface area contributed by atoms with Gasteiger partial charge in [0.15, 0.2) is 0 Å². The van der Waals surface area contributed by atoms with E-state index in [2.05, 4.69) is 27.7 Å². The summed E-state index contributed by atoms with van der Waals surface area (Å²) in [7, 11) is -0.746. The lowest BCUT2D eigenvalue weighted by Gasteiger charge is -2.28. The molecule has 0 aliphatic heterocycles. The highest BCUT2D eigenvalue weighted by molar-refractivity contribution is 7.75. The molecule has 0 aromatic rings. The average Bonchev–Trinajstić information content (AvgIpc) is 3.05. The molecule has 0 radical (unpaired) electrons. The molecule has 0 aliphatic carbocycles. The molecule has 0 rings (SSSR count). The Kier molecular flexibility index (Phi) is 39.2.